The molecule has 2 N–H and O–H groups in total. The Kier molecular flexibility index (Phi) is 12.6. The van der Waals surface area contributed by atoms with E-state index in [1.54, 1.807) is 7.11 Å². The number of aromatic nitrogens is 5. The summed E-state index contributed by atoms with van der Waals surface area (Å²) in [5.74, 6) is 1.64. The fraction of sp³-hybridized carbons (Fsp3) is 0.500. The maximum atomic E-state index is 13.9. The maximum absolute atomic E-state index is 13.9. The molecule has 284 valence electrons. The zero-order valence-electron chi connectivity index (χ0n) is 31.4. The van der Waals surface area contributed by atoms with Gasteiger partial charge in [-0.3, -0.25) is 14.3 Å². The largest absolute Gasteiger partial charge is 0.494 e. The van der Waals surface area contributed by atoms with Gasteiger partial charge in [0.2, 0.25) is 11.9 Å². The lowest BCUT2D eigenvalue weighted by Gasteiger charge is -2.36. The van der Waals surface area contributed by atoms with Crippen LogP contribution in [0, 0.1) is 0 Å². The number of carbonyl (C=O) groups is 2. The lowest BCUT2D eigenvalue weighted by Crippen LogP contribution is -2.49. The number of carbonyl (C=O) groups excluding carboxylic acids is 2. The molecule has 0 aliphatic carbocycles. The third kappa shape index (κ3) is 8.47. The number of piperazine rings is 1. The molecule has 0 atom stereocenters. The predicted molar refractivity (Wildman–Crippen MR) is 202 cm³/mol. The van der Waals surface area contributed by atoms with Crippen molar-refractivity contribution in [3.05, 3.63) is 64.9 Å². The first-order valence-corrected chi connectivity index (χ1v) is 18.5. The molecule has 0 saturated carbocycles. The molecule has 4 aromatic rings. The van der Waals surface area contributed by atoms with Crippen LogP contribution in [-0.2, 0) is 51.2 Å². The first-order valence-electron chi connectivity index (χ1n) is 18.5. The lowest BCUT2D eigenvalue weighted by atomic mass is 10.0. The molecule has 53 heavy (non-hydrogen) atoms. The van der Waals surface area contributed by atoms with Gasteiger partial charge in [0, 0.05) is 75.3 Å². The Morgan fingerprint density at radius 1 is 0.943 bits per heavy atom. The van der Waals surface area contributed by atoms with Crippen molar-refractivity contribution in [1.29, 1.82) is 0 Å². The molecule has 2 aliphatic heterocycles. The standard InChI is InChI=1S/C38H51N9O6/c1-6-29-35(31(7-2)47(43-29)19-20-53-22-21-52-8-3)41-37(49)28-13-14-46-32(28)12-9-26-24-39-38(42-36(26)46)40-30-11-10-27(23-33(30)51-5)44-15-17-45(18-16-44)34(48)25-50-4/h10-11,13-14,23-24H,6-9,12,15-22,25H2,1-5H3,(H,41,49)(H,39,40,42). The molecule has 5 heterocycles. The molecule has 15 nitrogen and oxygen atoms in total. The van der Waals surface area contributed by atoms with Crippen LogP contribution in [0.15, 0.2) is 36.7 Å². The van der Waals surface area contributed by atoms with E-state index in [0.717, 1.165) is 51.9 Å². The number of nitrogens with one attached hydrogen (secondary N) is 2. The number of ether oxygens (including phenoxy) is 4. The van der Waals surface area contributed by atoms with Crippen molar-refractivity contribution in [3.63, 3.8) is 0 Å². The van der Waals surface area contributed by atoms with E-state index in [1.807, 2.05) is 64.7 Å². The highest BCUT2D eigenvalue weighted by Crippen LogP contribution is 2.33. The minimum Gasteiger partial charge on any atom is -0.494 e. The number of nitrogens with zero attached hydrogens (tertiary/aromatic N) is 7. The zero-order chi connectivity index (χ0) is 37.3. The topological polar surface area (TPSA) is 150 Å². The summed E-state index contributed by atoms with van der Waals surface area (Å²) in [4.78, 5) is 39.7. The Morgan fingerprint density at radius 3 is 2.49 bits per heavy atom. The van der Waals surface area contributed by atoms with Crippen LogP contribution in [0.2, 0.25) is 0 Å². The molecule has 1 aromatic carbocycles. The Morgan fingerprint density at radius 2 is 1.75 bits per heavy atom. The van der Waals surface area contributed by atoms with Crippen molar-refractivity contribution in [2.45, 2.75) is 53.0 Å². The fourth-order valence-electron chi connectivity index (χ4n) is 6.93. The van der Waals surface area contributed by atoms with Crippen LogP contribution < -0.4 is 20.3 Å². The summed E-state index contributed by atoms with van der Waals surface area (Å²) in [6.45, 7) is 11.8. The van der Waals surface area contributed by atoms with E-state index in [0.29, 0.717) is 95.7 Å². The van der Waals surface area contributed by atoms with Gasteiger partial charge in [0.1, 0.15) is 18.2 Å². The van der Waals surface area contributed by atoms with Crippen molar-refractivity contribution in [3.8, 4) is 11.6 Å². The number of methoxy groups -OCH3 is 2. The summed E-state index contributed by atoms with van der Waals surface area (Å²) in [5.41, 5.74) is 6.86. The summed E-state index contributed by atoms with van der Waals surface area (Å²) in [7, 11) is 3.17. The summed E-state index contributed by atoms with van der Waals surface area (Å²) in [6.07, 6.45) is 6.55. The Bertz CT molecular complexity index is 1880. The average Bonchev–Trinajstić information content (AvgIpc) is 3.77. The average molecular weight is 730 g/mol. The molecule has 1 saturated heterocycles. The highest BCUT2D eigenvalue weighted by molar-refractivity contribution is 6.06. The van der Waals surface area contributed by atoms with Crippen molar-refractivity contribution in [2.24, 2.45) is 0 Å². The first-order chi connectivity index (χ1) is 25.9. The SMILES string of the molecule is CCOCCOCCn1nc(CC)c(NC(=O)c2ccn3c2CCc2cnc(Nc4ccc(N5CCN(C(=O)COC)CC5)cc4OC)nc2-3)c1CC. The first kappa shape index (κ1) is 37.8. The van der Waals surface area contributed by atoms with E-state index in [-0.39, 0.29) is 18.4 Å². The maximum Gasteiger partial charge on any atom is 0.257 e. The molecule has 6 rings (SSSR count). The number of rotatable bonds is 17. The Balaban J connectivity index is 1.15. The van der Waals surface area contributed by atoms with Crippen LogP contribution in [-0.4, -0.2) is 114 Å². The quantitative estimate of drug-likeness (QED) is 0.152. The van der Waals surface area contributed by atoms with Gasteiger partial charge in [-0.15, -0.1) is 0 Å². The van der Waals surface area contributed by atoms with Crippen LogP contribution in [0.4, 0.5) is 23.0 Å². The number of amides is 2. The number of fused-ring (bicyclic) bond motifs is 3. The van der Waals surface area contributed by atoms with E-state index >= 15 is 0 Å². The third-order valence-electron chi connectivity index (χ3n) is 9.70. The monoisotopic (exact) mass is 729 g/mol. The Labute approximate surface area is 310 Å². The molecule has 15 heteroatoms. The van der Waals surface area contributed by atoms with Gasteiger partial charge in [0.25, 0.3) is 5.91 Å². The molecule has 1 fully saturated rings. The van der Waals surface area contributed by atoms with Crippen molar-refractivity contribution in [2.75, 3.05) is 89.0 Å². The van der Waals surface area contributed by atoms with Gasteiger partial charge in [-0.25, -0.2) is 4.98 Å². The lowest BCUT2D eigenvalue weighted by molar-refractivity contribution is -0.135. The normalized spacial score (nSPS) is 13.8. The van der Waals surface area contributed by atoms with E-state index in [2.05, 4.69) is 27.4 Å². The van der Waals surface area contributed by atoms with Crippen LogP contribution >= 0.6 is 0 Å². The molecule has 0 radical (unpaired) electrons. The van der Waals surface area contributed by atoms with E-state index < -0.39 is 0 Å². The molecule has 0 spiro atoms. The van der Waals surface area contributed by atoms with Gasteiger partial charge in [0.15, 0.2) is 0 Å². The molecule has 2 aliphatic rings. The molecule has 0 unspecified atom stereocenters. The van der Waals surface area contributed by atoms with Gasteiger partial charge in [-0.1, -0.05) is 13.8 Å². The number of hydrogen-bond donors (Lipinski definition) is 2. The second-order valence-corrected chi connectivity index (χ2v) is 12.9. The molecule has 0 bridgehead atoms. The smallest absolute Gasteiger partial charge is 0.257 e. The number of anilines is 4. The van der Waals surface area contributed by atoms with Gasteiger partial charge >= 0.3 is 0 Å². The van der Waals surface area contributed by atoms with E-state index in [1.165, 1.54) is 7.11 Å². The number of benzene rings is 1. The number of aryl methyl sites for hydroxylation is 2. The molecular weight excluding hydrogens is 678 g/mol. The van der Waals surface area contributed by atoms with Crippen LogP contribution in [0.1, 0.15) is 53.8 Å². The van der Waals surface area contributed by atoms with Crippen molar-refractivity contribution < 1.29 is 28.5 Å². The zero-order valence-corrected chi connectivity index (χ0v) is 31.4. The van der Waals surface area contributed by atoms with Crippen LogP contribution in [0.5, 0.6) is 5.75 Å². The minimum absolute atomic E-state index is 0.00683. The Hall–Kier alpha value is -4.99. The van der Waals surface area contributed by atoms with Gasteiger partial charge in [-0.2, -0.15) is 10.1 Å². The third-order valence-corrected chi connectivity index (χ3v) is 9.70. The predicted octanol–water partition coefficient (Wildman–Crippen LogP) is 4.04. The summed E-state index contributed by atoms with van der Waals surface area (Å²) >= 11 is 0. The highest BCUT2D eigenvalue weighted by atomic mass is 16.5. The second kappa shape index (κ2) is 17.7. The van der Waals surface area contributed by atoms with Gasteiger partial charge in [-0.05, 0) is 50.8 Å². The molecule has 2 amide bonds. The molecular formula is C38H51N9O6. The summed E-state index contributed by atoms with van der Waals surface area (Å²) in [6, 6.07) is 7.83. The fourth-order valence-corrected chi connectivity index (χ4v) is 6.93. The van der Waals surface area contributed by atoms with Crippen molar-refractivity contribution in [1.82, 2.24) is 29.2 Å². The molecule has 3 aromatic heterocycles. The number of hydrogen-bond acceptors (Lipinski definition) is 11. The highest BCUT2D eigenvalue weighted by Gasteiger charge is 2.27. The summed E-state index contributed by atoms with van der Waals surface area (Å²) in [5, 5.41) is 11.4. The van der Waals surface area contributed by atoms with Crippen LogP contribution in [0.3, 0.4) is 0 Å². The van der Waals surface area contributed by atoms with Crippen molar-refractivity contribution >= 4 is 34.8 Å². The minimum atomic E-state index is -0.167. The second-order valence-electron chi connectivity index (χ2n) is 12.9. The van der Waals surface area contributed by atoms with E-state index in [9.17, 15) is 9.59 Å². The summed E-state index contributed by atoms with van der Waals surface area (Å²) < 4.78 is 25.8. The van der Waals surface area contributed by atoms with Gasteiger partial charge < -0.3 is 43.9 Å². The van der Waals surface area contributed by atoms with E-state index in [4.69, 9.17) is 29.0 Å². The van der Waals surface area contributed by atoms with Crippen LogP contribution in [0.25, 0.3) is 5.82 Å². The van der Waals surface area contributed by atoms with Gasteiger partial charge in [0.05, 0.1) is 61.8 Å².